The number of amides is 2. The molecule has 7 heteroatoms. The molecule has 0 aromatic heterocycles. The smallest absolute Gasteiger partial charge is 0.298 e. The van der Waals surface area contributed by atoms with Crippen LogP contribution in [-0.4, -0.2) is 22.9 Å². The number of imide groups is 1. The molecule has 0 bridgehead atoms. The first kappa shape index (κ1) is 20.0. The minimum Gasteiger partial charge on any atom is -0.504 e. The van der Waals surface area contributed by atoms with Crippen molar-refractivity contribution in [3.8, 4) is 11.5 Å². The summed E-state index contributed by atoms with van der Waals surface area (Å²) < 4.78 is 5.48. The third-order valence-corrected chi connectivity index (χ3v) is 5.10. The molecular formula is C21H18ClNO4S. The molecule has 2 amide bonds. The second-order valence-corrected chi connectivity index (χ2v) is 7.38. The molecule has 1 heterocycles. The van der Waals surface area contributed by atoms with Crippen molar-refractivity contribution in [2.75, 3.05) is 11.5 Å². The highest BCUT2D eigenvalue weighted by molar-refractivity contribution is 8.19. The van der Waals surface area contributed by atoms with E-state index in [0.29, 0.717) is 40.6 Å². The highest BCUT2D eigenvalue weighted by atomic mass is 35.5. The number of hydrogen-bond donors (Lipinski definition) is 1. The number of ether oxygens (including phenoxy) is 1. The molecule has 1 aliphatic rings. The van der Waals surface area contributed by atoms with E-state index in [1.165, 1.54) is 0 Å². The minimum absolute atomic E-state index is 0.0472. The van der Waals surface area contributed by atoms with Crippen molar-refractivity contribution < 1.29 is 19.4 Å². The van der Waals surface area contributed by atoms with Crippen LogP contribution in [-0.2, 0) is 11.2 Å². The van der Waals surface area contributed by atoms with Gasteiger partial charge < -0.3 is 9.84 Å². The molecule has 0 spiro atoms. The molecule has 0 atom stereocenters. The Balaban J connectivity index is 1.98. The quantitative estimate of drug-likeness (QED) is 0.504. The first-order valence-electron chi connectivity index (χ1n) is 8.57. The monoisotopic (exact) mass is 415 g/mol. The van der Waals surface area contributed by atoms with Gasteiger partial charge in [-0.2, -0.15) is 0 Å². The Bertz CT molecular complexity index is 986. The van der Waals surface area contributed by atoms with Gasteiger partial charge in [-0.05, 0) is 67.1 Å². The third-order valence-electron chi connectivity index (χ3n) is 4.00. The van der Waals surface area contributed by atoms with Crippen molar-refractivity contribution >= 4 is 46.3 Å². The van der Waals surface area contributed by atoms with Crippen LogP contribution in [0.5, 0.6) is 11.5 Å². The van der Waals surface area contributed by atoms with Gasteiger partial charge >= 0.3 is 0 Å². The number of hydrogen-bond acceptors (Lipinski definition) is 5. The molecule has 0 aliphatic carbocycles. The van der Waals surface area contributed by atoms with Crippen molar-refractivity contribution in [3.05, 3.63) is 70.1 Å². The van der Waals surface area contributed by atoms with E-state index in [4.69, 9.17) is 16.3 Å². The van der Waals surface area contributed by atoms with Crippen LogP contribution in [0, 0.1) is 0 Å². The van der Waals surface area contributed by atoms with Gasteiger partial charge in [-0.3, -0.25) is 9.59 Å². The van der Waals surface area contributed by atoms with E-state index in [9.17, 15) is 14.7 Å². The summed E-state index contributed by atoms with van der Waals surface area (Å²) in [4.78, 5) is 26.6. The van der Waals surface area contributed by atoms with Crippen LogP contribution in [0.2, 0.25) is 5.02 Å². The molecule has 0 unspecified atom stereocenters. The van der Waals surface area contributed by atoms with Crippen LogP contribution in [0.4, 0.5) is 10.5 Å². The predicted molar refractivity (Wildman–Crippen MR) is 113 cm³/mol. The lowest BCUT2D eigenvalue weighted by Crippen LogP contribution is -2.27. The first-order chi connectivity index (χ1) is 13.4. The van der Waals surface area contributed by atoms with E-state index < -0.39 is 11.1 Å². The number of nitrogens with zero attached hydrogens (tertiary/aromatic N) is 1. The highest BCUT2D eigenvalue weighted by Crippen LogP contribution is 2.38. The number of anilines is 1. The summed E-state index contributed by atoms with van der Waals surface area (Å²) in [7, 11) is 0. The maximum absolute atomic E-state index is 12.8. The van der Waals surface area contributed by atoms with Gasteiger partial charge in [0.05, 0.1) is 17.2 Å². The first-order valence-corrected chi connectivity index (χ1v) is 9.77. The molecule has 1 N–H and O–H groups in total. The zero-order chi connectivity index (χ0) is 20.3. The van der Waals surface area contributed by atoms with Gasteiger partial charge in [-0.15, -0.1) is 6.58 Å². The SMILES string of the molecule is C=CCc1cc(/C=C2/SC(=O)N(c3cccc(Cl)c3)C2=O)cc(OCC)c1O. The van der Waals surface area contributed by atoms with Crippen LogP contribution < -0.4 is 9.64 Å². The zero-order valence-electron chi connectivity index (χ0n) is 15.1. The van der Waals surface area contributed by atoms with Gasteiger partial charge in [-0.1, -0.05) is 23.7 Å². The van der Waals surface area contributed by atoms with Crippen molar-refractivity contribution in [1.82, 2.24) is 0 Å². The van der Waals surface area contributed by atoms with Crippen molar-refractivity contribution in [3.63, 3.8) is 0 Å². The fraction of sp³-hybridized carbons (Fsp3) is 0.143. The molecule has 1 fully saturated rings. The molecule has 28 heavy (non-hydrogen) atoms. The van der Waals surface area contributed by atoms with Crippen LogP contribution in [0.25, 0.3) is 6.08 Å². The van der Waals surface area contributed by atoms with Crippen molar-refractivity contribution in [2.45, 2.75) is 13.3 Å². The zero-order valence-corrected chi connectivity index (χ0v) is 16.7. The number of aromatic hydroxyl groups is 1. The van der Waals surface area contributed by atoms with E-state index in [-0.39, 0.29) is 10.7 Å². The standard InChI is InChI=1S/C21H18ClNO4S/c1-3-6-14-9-13(10-17(19(14)24)27-4-2)11-18-20(25)23(21(26)28-18)16-8-5-7-15(22)12-16/h3,5,7-12,24H,1,4,6H2,2H3/b18-11+. The van der Waals surface area contributed by atoms with E-state index in [1.54, 1.807) is 48.6 Å². The minimum atomic E-state index is -0.423. The normalized spacial score (nSPS) is 15.4. The van der Waals surface area contributed by atoms with Crippen LogP contribution in [0.15, 0.2) is 54.0 Å². The Morgan fingerprint density at radius 1 is 1.29 bits per heavy atom. The van der Waals surface area contributed by atoms with Gasteiger partial charge in [0.1, 0.15) is 0 Å². The second kappa shape index (κ2) is 8.54. The second-order valence-electron chi connectivity index (χ2n) is 5.95. The molecule has 5 nitrogen and oxygen atoms in total. The van der Waals surface area contributed by atoms with E-state index in [2.05, 4.69) is 6.58 Å². The molecule has 2 aromatic carbocycles. The van der Waals surface area contributed by atoms with Crippen molar-refractivity contribution in [2.24, 2.45) is 0 Å². The lowest BCUT2D eigenvalue weighted by atomic mass is 10.1. The maximum atomic E-state index is 12.8. The molecule has 0 radical (unpaired) electrons. The van der Waals surface area contributed by atoms with Crippen molar-refractivity contribution in [1.29, 1.82) is 0 Å². The fourth-order valence-corrected chi connectivity index (χ4v) is 3.83. The average Bonchev–Trinajstić information content (AvgIpc) is 2.92. The molecule has 3 rings (SSSR count). The van der Waals surface area contributed by atoms with E-state index >= 15 is 0 Å². The number of carbonyl (C=O) groups excluding carboxylic acids is 2. The Morgan fingerprint density at radius 3 is 2.75 bits per heavy atom. The molecule has 1 saturated heterocycles. The molecule has 1 aliphatic heterocycles. The number of phenolic OH excluding ortho intramolecular Hbond substituents is 1. The summed E-state index contributed by atoms with van der Waals surface area (Å²) in [5.41, 5.74) is 1.70. The van der Waals surface area contributed by atoms with E-state index in [0.717, 1.165) is 16.7 Å². The van der Waals surface area contributed by atoms with Crippen LogP contribution in [0.1, 0.15) is 18.1 Å². The number of halogens is 1. The number of phenols is 1. The topological polar surface area (TPSA) is 66.8 Å². The van der Waals surface area contributed by atoms with Crippen LogP contribution in [0.3, 0.4) is 0 Å². The Hall–Kier alpha value is -2.70. The lowest BCUT2D eigenvalue weighted by molar-refractivity contribution is -0.113. The predicted octanol–water partition coefficient (Wildman–Crippen LogP) is 5.41. The van der Waals surface area contributed by atoms with Crippen LogP contribution >= 0.6 is 23.4 Å². The number of thioether (sulfide) groups is 1. The number of carbonyl (C=O) groups is 2. The summed E-state index contributed by atoms with van der Waals surface area (Å²) in [6, 6.07) is 9.96. The summed E-state index contributed by atoms with van der Waals surface area (Å²) in [6.07, 6.45) is 3.73. The van der Waals surface area contributed by atoms with Gasteiger partial charge in [0.15, 0.2) is 11.5 Å². The number of allylic oxidation sites excluding steroid dienone is 1. The Kier molecular flexibility index (Phi) is 6.11. The molecule has 144 valence electrons. The average molecular weight is 416 g/mol. The highest BCUT2D eigenvalue weighted by Gasteiger charge is 2.36. The summed E-state index contributed by atoms with van der Waals surface area (Å²) >= 11 is 6.83. The number of benzene rings is 2. The van der Waals surface area contributed by atoms with Gasteiger partial charge in [0.2, 0.25) is 0 Å². The Morgan fingerprint density at radius 2 is 2.07 bits per heavy atom. The van der Waals surface area contributed by atoms with Gasteiger partial charge in [-0.25, -0.2) is 4.90 Å². The molecular weight excluding hydrogens is 398 g/mol. The molecule has 2 aromatic rings. The summed E-state index contributed by atoms with van der Waals surface area (Å²) in [5.74, 6) is -0.0540. The number of rotatable bonds is 6. The summed E-state index contributed by atoms with van der Waals surface area (Å²) in [5, 5.41) is 10.4. The lowest BCUT2D eigenvalue weighted by Gasteiger charge is -2.12. The van der Waals surface area contributed by atoms with Gasteiger partial charge in [0, 0.05) is 10.6 Å². The van der Waals surface area contributed by atoms with E-state index in [1.807, 2.05) is 6.92 Å². The summed E-state index contributed by atoms with van der Waals surface area (Å²) in [6.45, 7) is 5.89. The fourth-order valence-electron chi connectivity index (χ4n) is 2.81. The Labute approximate surface area is 172 Å². The third kappa shape index (κ3) is 4.08. The molecule has 0 saturated carbocycles. The maximum Gasteiger partial charge on any atom is 0.298 e. The largest absolute Gasteiger partial charge is 0.504 e. The van der Waals surface area contributed by atoms with Gasteiger partial charge in [0.25, 0.3) is 11.1 Å².